The summed E-state index contributed by atoms with van der Waals surface area (Å²) in [4.78, 5) is 23.7. The summed E-state index contributed by atoms with van der Waals surface area (Å²) in [6.45, 7) is 0. The maximum Gasteiger partial charge on any atom is 0.271 e. The molecule has 2 amide bonds. The zero-order chi connectivity index (χ0) is 15.9. The Labute approximate surface area is 133 Å². The van der Waals surface area contributed by atoms with Crippen molar-refractivity contribution in [2.75, 3.05) is 7.11 Å². The molecule has 0 aromatic heterocycles. The van der Waals surface area contributed by atoms with Crippen LogP contribution >= 0.6 is 11.6 Å². The van der Waals surface area contributed by atoms with Gasteiger partial charge in [-0.05, 0) is 29.8 Å². The minimum Gasteiger partial charge on any atom is -0.497 e. The number of ether oxygens (including phenoxy) is 1. The summed E-state index contributed by atoms with van der Waals surface area (Å²) < 4.78 is 5.04. The van der Waals surface area contributed by atoms with Crippen LogP contribution in [0.1, 0.15) is 15.9 Å². The van der Waals surface area contributed by atoms with Crippen LogP contribution in [0.25, 0.3) is 0 Å². The Balaban J connectivity index is 1.87. The van der Waals surface area contributed by atoms with Crippen LogP contribution in [0.4, 0.5) is 0 Å². The van der Waals surface area contributed by atoms with Gasteiger partial charge in [-0.1, -0.05) is 35.9 Å². The van der Waals surface area contributed by atoms with Crippen molar-refractivity contribution in [3.63, 3.8) is 0 Å². The second-order valence-electron chi connectivity index (χ2n) is 4.51. The predicted octanol–water partition coefficient (Wildman–Crippen LogP) is 2.35. The molecule has 0 fully saturated rings. The lowest BCUT2D eigenvalue weighted by atomic mass is 10.1. The Hall–Kier alpha value is -2.53. The molecule has 114 valence electrons. The molecule has 2 aromatic carbocycles. The number of hydrogen-bond donors (Lipinski definition) is 2. The van der Waals surface area contributed by atoms with Gasteiger partial charge in [-0.3, -0.25) is 20.4 Å². The van der Waals surface area contributed by atoms with E-state index in [4.69, 9.17) is 16.3 Å². The minimum absolute atomic E-state index is 0.146. The van der Waals surface area contributed by atoms with Gasteiger partial charge in [0.15, 0.2) is 0 Å². The van der Waals surface area contributed by atoms with E-state index in [1.165, 1.54) is 0 Å². The van der Waals surface area contributed by atoms with Gasteiger partial charge in [-0.15, -0.1) is 0 Å². The third-order valence-electron chi connectivity index (χ3n) is 2.96. The van der Waals surface area contributed by atoms with Gasteiger partial charge < -0.3 is 4.74 Å². The number of hydrazine groups is 1. The number of nitrogens with one attached hydrogen (secondary N) is 2. The average molecular weight is 319 g/mol. The van der Waals surface area contributed by atoms with Gasteiger partial charge in [-0.2, -0.15) is 0 Å². The molecule has 0 spiro atoms. The highest BCUT2D eigenvalue weighted by Crippen LogP contribution is 2.14. The van der Waals surface area contributed by atoms with Gasteiger partial charge >= 0.3 is 0 Å². The molecule has 0 atom stereocenters. The van der Waals surface area contributed by atoms with Crippen molar-refractivity contribution >= 4 is 23.4 Å². The first-order valence-corrected chi connectivity index (χ1v) is 6.94. The van der Waals surface area contributed by atoms with Gasteiger partial charge in [-0.25, -0.2) is 0 Å². The van der Waals surface area contributed by atoms with E-state index in [1.807, 2.05) is 0 Å². The first-order chi connectivity index (χ1) is 10.6. The SMILES string of the molecule is COc1ccc(CC(=O)NNC(=O)c2ccccc2Cl)cc1. The normalized spacial score (nSPS) is 9.91. The molecule has 0 saturated heterocycles. The van der Waals surface area contributed by atoms with Crippen molar-refractivity contribution in [1.82, 2.24) is 10.9 Å². The standard InChI is InChI=1S/C16H15ClN2O3/c1-22-12-8-6-11(7-9-12)10-15(20)18-19-16(21)13-4-2-3-5-14(13)17/h2-9H,10H2,1H3,(H,18,20)(H,19,21). The van der Waals surface area contributed by atoms with E-state index in [0.717, 1.165) is 11.3 Å². The van der Waals surface area contributed by atoms with Gasteiger partial charge in [0.1, 0.15) is 5.75 Å². The molecule has 0 unspecified atom stereocenters. The lowest BCUT2D eigenvalue weighted by Gasteiger charge is -2.08. The Bertz CT molecular complexity index is 671. The molecule has 0 heterocycles. The summed E-state index contributed by atoms with van der Waals surface area (Å²) in [7, 11) is 1.58. The second kappa shape index (κ2) is 7.47. The quantitative estimate of drug-likeness (QED) is 0.850. The monoisotopic (exact) mass is 318 g/mol. The fraction of sp³-hybridized carbons (Fsp3) is 0.125. The maximum absolute atomic E-state index is 11.9. The van der Waals surface area contributed by atoms with E-state index >= 15 is 0 Å². The summed E-state index contributed by atoms with van der Waals surface area (Å²) in [5, 5.41) is 0.324. The van der Waals surface area contributed by atoms with Crippen molar-refractivity contribution in [1.29, 1.82) is 0 Å². The Morgan fingerprint density at radius 2 is 1.73 bits per heavy atom. The van der Waals surface area contributed by atoms with Crippen molar-refractivity contribution < 1.29 is 14.3 Å². The molecule has 0 saturated carbocycles. The summed E-state index contributed by atoms with van der Waals surface area (Å²) in [6.07, 6.45) is 0.146. The van der Waals surface area contributed by atoms with Gasteiger partial charge in [0, 0.05) is 0 Å². The number of hydrogen-bond acceptors (Lipinski definition) is 3. The Morgan fingerprint density at radius 3 is 2.36 bits per heavy atom. The van der Waals surface area contributed by atoms with Crippen LogP contribution in [0.15, 0.2) is 48.5 Å². The highest BCUT2D eigenvalue weighted by atomic mass is 35.5. The number of amides is 2. The second-order valence-corrected chi connectivity index (χ2v) is 4.91. The third-order valence-corrected chi connectivity index (χ3v) is 3.29. The average Bonchev–Trinajstić information content (AvgIpc) is 2.54. The highest BCUT2D eigenvalue weighted by molar-refractivity contribution is 6.33. The van der Waals surface area contributed by atoms with Crippen molar-refractivity contribution in [3.05, 3.63) is 64.7 Å². The zero-order valence-corrected chi connectivity index (χ0v) is 12.7. The summed E-state index contributed by atoms with van der Waals surface area (Å²) in [6, 6.07) is 13.7. The predicted molar refractivity (Wildman–Crippen MR) is 83.8 cm³/mol. The van der Waals surface area contributed by atoms with Crippen molar-refractivity contribution in [2.24, 2.45) is 0 Å². The van der Waals surface area contributed by atoms with Gasteiger partial charge in [0.25, 0.3) is 5.91 Å². The molecular weight excluding hydrogens is 304 g/mol. The summed E-state index contributed by atoms with van der Waals surface area (Å²) in [5.74, 6) is -0.0737. The molecule has 0 aliphatic heterocycles. The first-order valence-electron chi connectivity index (χ1n) is 6.57. The topological polar surface area (TPSA) is 67.4 Å². The van der Waals surface area contributed by atoms with Crippen molar-refractivity contribution in [3.8, 4) is 5.75 Å². The molecule has 2 N–H and O–H groups in total. The number of rotatable bonds is 4. The molecule has 2 rings (SSSR count). The fourth-order valence-electron chi connectivity index (χ4n) is 1.81. The van der Waals surface area contributed by atoms with Crippen molar-refractivity contribution in [2.45, 2.75) is 6.42 Å². The minimum atomic E-state index is -0.464. The lowest BCUT2D eigenvalue weighted by Crippen LogP contribution is -2.42. The fourth-order valence-corrected chi connectivity index (χ4v) is 2.03. The van der Waals surface area contributed by atoms with Gasteiger partial charge in [0.2, 0.25) is 5.91 Å². The van der Waals surface area contributed by atoms with Crippen LogP contribution in [-0.2, 0) is 11.2 Å². The van der Waals surface area contributed by atoms with Crippen LogP contribution in [-0.4, -0.2) is 18.9 Å². The molecule has 2 aromatic rings. The largest absolute Gasteiger partial charge is 0.497 e. The lowest BCUT2D eigenvalue weighted by molar-refractivity contribution is -0.121. The molecule has 0 aliphatic carbocycles. The molecule has 5 nitrogen and oxygen atoms in total. The molecule has 0 aliphatic rings. The smallest absolute Gasteiger partial charge is 0.271 e. The van der Waals surface area contributed by atoms with Crippen LogP contribution in [0.2, 0.25) is 5.02 Å². The van der Waals surface area contributed by atoms with Crippen LogP contribution < -0.4 is 15.6 Å². The van der Waals surface area contributed by atoms with E-state index in [9.17, 15) is 9.59 Å². The molecule has 0 bridgehead atoms. The number of methoxy groups -OCH3 is 1. The summed E-state index contributed by atoms with van der Waals surface area (Å²) in [5.41, 5.74) is 5.80. The van der Waals surface area contributed by atoms with E-state index in [-0.39, 0.29) is 12.3 Å². The van der Waals surface area contributed by atoms with E-state index in [0.29, 0.717) is 10.6 Å². The van der Waals surface area contributed by atoms with Crippen LogP contribution in [0.5, 0.6) is 5.75 Å². The Morgan fingerprint density at radius 1 is 1.05 bits per heavy atom. The van der Waals surface area contributed by atoms with Crippen LogP contribution in [0.3, 0.4) is 0 Å². The number of halogens is 1. The van der Waals surface area contributed by atoms with Crippen LogP contribution in [0, 0.1) is 0 Å². The van der Waals surface area contributed by atoms with Gasteiger partial charge in [0.05, 0.1) is 24.1 Å². The zero-order valence-electron chi connectivity index (χ0n) is 11.9. The first kappa shape index (κ1) is 15.9. The number of benzene rings is 2. The van der Waals surface area contributed by atoms with E-state index in [1.54, 1.807) is 55.6 Å². The van der Waals surface area contributed by atoms with E-state index < -0.39 is 5.91 Å². The maximum atomic E-state index is 11.9. The number of carbonyl (C=O) groups is 2. The third kappa shape index (κ3) is 4.23. The molecule has 6 heteroatoms. The molecule has 22 heavy (non-hydrogen) atoms. The summed E-state index contributed by atoms with van der Waals surface area (Å²) >= 11 is 5.91. The molecular formula is C16H15ClN2O3. The van der Waals surface area contributed by atoms with E-state index in [2.05, 4.69) is 10.9 Å². The Kier molecular flexibility index (Phi) is 5.38. The highest BCUT2D eigenvalue weighted by Gasteiger charge is 2.10. The number of carbonyl (C=O) groups excluding carboxylic acids is 2. The molecule has 0 radical (unpaired) electrons.